The third-order valence-electron chi connectivity index (χ3n) is 3.81. The SMILES string of the molecule is CCN(C(=O)NC(C)C1CCC1)C(C)CC(=O)O. The highest BCUT2D eigenvalue weighted by atomic mass is 16.4. The van der Waals surface area contributed by atoms with Crippen LogP contribution in [0.15, 0.2) is 0 Å². The smallest absolute Gasteiger partial charge is 0.317 e. The molecule has 5 heteroatoms. The number of nitrogens with zero attached hydrogens (tertiary/aromatic N) is 1. The van der Waals surface area contributed by atoms with E-state index in [0.717, 1.165) is 0 Å². The van der Waals surface area contributed by atoms with Crippen LogP contribution in [-0.4, -0.2) is 40.6 Å². The normalized spacial score (nSPS) is 18.6. The van der Waals surface area contributed by atoms with Crippen molar-refractivity contribution in [3.63, 3.8) is 0 Å². The van der Waals surface area contributed by atoms with Gasteiger partial charge in [0.1, 0.15) is 0 Å². The molecule has 0 bridgehead atoms. The quantitative estimate of drug-likeness (QED) is 0.764. The number of urea groups is 1. The number of hydrogen-bond donors (Lipinski definition) is 2. The summed E-state index contributed by atoms with van der Waals surface area (Å²) in [6.07, 6.45) is 3.59. The molecular weight excluding hydrogens is 232 g/mol. The van der Waals surface area contributed by atoms with Crippen LogP contribution < -0.4 is 5.32 Å². The maximum Gasteiger partial charge on any atom is 0.317 e. The fraction of sp³-hybridized carbons (Fsp3) is 0.846. The van der Waals surface area contributed by atoms with Crippen LogP contribution in [0.1, 0.15) is 46.5 Å². The molecule has 2 atom stereocenters. The van der Waals surface area contributed by atoms with Crippen LogP contribution in [-0.2, 0) is 4.79 Å². The number of carbonyl (C=O) groups excluding carboxylic acids is 1. The maximum absolute atomic E-state index is 12.1. The molecule has 0 aliphatic heterocycles. The summed E-state index contributed by atoms with van der Waals surface area (Å²) in [6.45, 7) is 6.19. The average Bonchev–Trinajstić information content (AvgIpc) is 2.13. The molecule has 104 valence electrons. The number of carboxylic acid groups (broad SMARTS) is 1. The molecule has 2 unspecified atom stereocenters. The van der Waals surface area contributed by atoms with Crippen molar-refractivity contribution in [2.24, 2.45) is 5.92 Å². The van der Waals surface area contributed by atoms with E-state index in [0.29, 0.717) is 12.5 Å². The Morgan fingerprint density at radius 2 is 2.00 bits per heavy atom. The van der Waals surface area contributed by atoms with Crippen LogP contribution in [0.3, 0.4) is 0 Å². The van der Waals surface area contributed by atoms with Gasteiger partial charge in [-0.2, -0.15) is 0 Å². The number of aliphatic carboxylic acids is 1. The van der Waals surface area contributed by atoms with E-state index in [9.17, 15) is 9.59 Å². The van der Waals surface area contributed by atoms with Gasteiger partial charge in [0.2, 0.25) is 0 Å². The molecule has 18 heavy (non-hydrogen) atoms. The van der Waals surface area contributed by atoms with Gasteiger partial charge in [0.05, 0.1) is 6.42 Å². The Kier molecular flexibility index (Phi) is 5.44. The van der Waals surface area contributed by atoms with E-state index in [-0.39, 0.29) is 24.5 Å². The third kappa shape index (κ3) is 3.89. The maximum atomic E-state index is 12.1. The Morgan fingerprint density at radius 1 is 1.39 bits per heavy atom. The molecular formula is C13H24N2O3. The summed E-state index contributed by atoms with van der Waals surface area (Å²) < 4.78 is 0. The first-order valence-electron chi connectivity index (χ1n) is 6.74. The summed E-state index contributed by atoms with van der Waals surface area (Å²) in [4.78, 5) is 24.3. The highest BCUT2D eigenvalue weighted by Gasteiger charge is 2.27. The molecule has 1 aliphatic carbocycles. The van der Waals surface area contributed by atoms with Crippen molar-refractivity contribution >= 4 is 12.0 Å². The van der Waals surface area contributed by atoms with E-state index in [2.05, 4.69) is 5.32 Å². The number of hydrogen-bond acceptors (Lipinski definition) is 2. The minimum Gasteiger partial charge on any atom is -0.481 e. The molecule has 0 aromatic rings. The first-order chi connectivity index (χ1) is 8.45. The van der Waals surface area contributed by atoms with E-state index in [1.54, 1.807) is 11.8 Å². The molecule has 0 radical (unpaired) electrons. The van der Waals surface area contributed by atoms with Crippen molar-refractivity contribution in [2.75, 3.05) is 6.54 Å². The lowest BCUT2D eigenvalue weighted by Gasteiger charge is -2.35. The van der Waals surface area contributed by atoms with E-state index in [4.69, 9.17) is 5.11 Å². The Bertz CT molecular complexity index is 303. The van der Waals surface area contributed by atoms with E-state index in [1.165, 1.54) is 19.3 Å². The third-order valence-corrected chi connectivity index (χ3v) is 3.81. The van der Waals surface area contributed by atoms with Crippen LogP contribution in [0, 0.1) is 5.92 Å². The predicted molar refractivity (Wildman–Crippen MR) is 69.4 cm³/mol. The Labute approximate surface area is 109 Å². The van der Waals surface area contributed by atoms with Gasteiger partial charge >= 0.3 is 12.0 Å². The fourth-order valence-electron chi connectivity index (χ4n) is 2.35. The molecule has 0 aromatic heterocycles. The molecule has 1 aliphatic rings. The molecule has 1 fully saturated rings. The minimum absolute atomic E-state index is 0.0148. The summed E-state index contributed by atoms with van der Waals surface area (Å²) in [6, 6.07) is -0.246. The number of rotatable bonds is 6. The number of amides is 2. The zero-order valence-electron chi connectivity index (χ0n) is 11.5. The summed E-state index contributed by atoms with van der Waals surface area (Å²) in [7, 11) is 0. The molecule has 2 N–H and O–H groups in total. The zero-order valence-corrected chi connectivity index (χ0v) is 11.5. The van der Waals surface area contributed by atoms with E-state index in [1.807, 2.05) is 13.8 Å². The van der Waals surface area contributed by atoms with Gasteiger partial charge in [-0.3, -0.25) is 4.79 Å². The standard InChI is InChI=1S/C13H24N2O3/c1-4-15(9(2)8-12(16)17)13(18)14-10(3)11-6-5-7-11/h9-11H,4-8H2,1-3H3,(H,14,18)(H,16,17). The van der Waals surface area contributed by atoms with Crippen molar-refractivity contribution in [3.8, 4) is 0 Å². The number of carbonyl (C=O) groups is 2. The minimum atomic E-state index is -0.874. The van der Waals surface area contributed by atoms with Crippen molar-refractivity contribution in [3.05, 3.63) is 0 Å². The molecule has 0 aromatic carbocycles. The van der Waals surface area contributed by atoms with Crippen LogP contribution in [0.5, 0.6) is 0 Å². The molecule has 1 rings (SSSR count). The Morgan fingerprint density at radius 3 is 2.39 bits per heavy atom. The van der Waals surface area contributed by atoms with Crippen molar-refractivity contribution in [1.29, 1.82) is 0 Å². The monoisotopic (exact) mass is 256 g/mol. The highest BCUT2D eigenvalue weighted by Crippen LogP contribution is 2.29. The van der Waals surface area contributed by atoms with Gasteiger partial charge in [-0.15, -0.1) is 0 Å². The fourth-order valence-corrected chi connectivity index (χ4v) is 2.35. The number of nitrogens with one attached hydrogen (secondary N) is 1. The second-order valence-electron chi connectivity index (χ2n) is 5.16. The molecule has 0 spiro atoms. The van der Waals surface area contributed by atoms with E-state index >= 15 is 0 Å². The molecule has 5 nitrogen and oxygen atoms in total. The largest absolute Gasteiger partial charge is 0.481 e. The van der Waals surface area contributed by atoms with Gasteiger partial charge in [-0.1, -0.05) is 6.42 Å². The van der Waals surface area contributed by atoms with Crippen molar-refractivity contribution in [1.82, 2.24) is 10.2 Å². The van der Waals surface area contributed by atoms with Crippen molar-refractivity contribution < 1.29 is 14.7 Å². The zero-order chi connectivity index (χ0) is 13.7. The van der Waals surface area contributed by atoms with Crippen LogP contribution >= 0.6 is 0 Å². The van der Waals surface area contributed by atoms with Gasteiger partial charge in [-0.05, 0) is 39.5 Å². The first-order valence-corrected chi connectivity index (χ1v) is 6.74. The second kappa shape index (κ2) is 6.61. The van der Waals surface area contributed by atoms with Gasteiger partial charge in [0.25, 0.3) is 0 Å². The summed E-state index contributed by atoms with van der Waals surface area (Å²) >= 11 is 0. The highest BCUT2D eigenvalue weighted by molar-refractivity contribution is 5.76. The van der Waals surface area contributed by atoms with Crippen LogP contribution in [0.25, 0.3) is 0 Å². The predicted octanol–water partition coefficient (Wildman–Crippen LogP) is 2.07. The van der Waals surface area contributed by atoms with E-state index < -0.39 is 5.97 Å². The van der Waals surface area contributed by atoms with Crippen molar-refractivity contribution in [2.45, 2.75) is 58.5 Å². The Balaban J connectivity index is 2.47. The average molecular weight is 256 g/mol. The van der Waals surface area contributed by atoms with Gasteiger partial charge < -0.3 is 15.3 Å². The lowest BCUT2D eigenvalue weighted by molar-refractivity contribution is -0.138. The lowest BCUT2D eigenvalue weighted by atomic mass is 9.80. The van der Waals surface area contributed by atoms with Crippen LogP contribution in [0.2, 0.25) is 0 Å². The van der Waals surface area contributed by atoms with Gasteiger partial charge in [-0.25, -0.2) is 4.79 Å². The lowest BCUT2D eigenvalue weighted by Crippen LogP contribution is -2.50. The molecule has 0 heterocycles. The second-order valence-corrected chi connectivity index (χ2v) is 5.16. The topological polar surface area (TPSA) is 69.6 Å². The molecule has 0 saturated heterocycles. The first kappa shape index (κ1) is 14.8. The van der Waals surface area contributed by atoms with Gasteiger partial charge in [0.15, 0.2) is 0 Å². The molecule has 2 amide bonds. The van der Waals surface area contributed by atoms with Gasteiger partial charge in [0, 0.05) is 18.6 Å². The Hall–Kier alpha value is -1.26. The van der Waals surface area contributed by atoms with Crippen LogP contribution in [0.4, 0.5) is 4.79 Å². The summed E-state index contributed by atoms with van der Waals surface area (Å²) in [5.74, 6) is -0.289. The summed E-state index contributed by atoms with van der Waals surface area (Å²) in [5.41, 5.74) is 0. The number of carboxylic acids is 1. The summed E-state index contributed by atoms with van der Waals surface area (Å²) in [5, 5.41) is 11.8. The molecule has 1 saturated carbocycles.